The molecule has 0 amide bonds. The van der Waals surface area contributed by atoms with E-state index in [4.69, 9.17) is 11.1 Å². The first kappa shape index (κ1) is 16.9. The summed E-state index contributed by atoms with van der Waals surface area (Å²) in [5, 5.41) is 11.4. The fourth-order valence-corrected chi connectivity index (χ4v) is 3.03. The van der Waals surface area contributed by atoms with Crippen molar-refractivity contribution in [2.75, 3.05) is 25.6 Å². The van der Waals surface area contributed by atoms with E-state index in [9.17, 15) is 0 Å². The van der Waals surface area contributed by atoms with Crippen molar-refractivity contribution in [3.8, 4) is 0 Å². The van der Waals surface area contributed by atoms with Crippen molar-refractivity contribution in [1.82, 2.24) is 5.32 Å². The van der Waals surface area contributed by atoms with Crippen molar-refractivity contribution in [3.63, 3.8) is 0 Å². The largest absolute Gasteiger partial charge is 0.379 e. The van der Waals surface area contributed by atoms with Gasteiger partial charge in [-0.1, -0.05) is 47.8 Å². The Kier molecular flexibility index (Phi) is 8.22. The van der Waals surface area contributed by atoms with Crippen LogP contribution in [0.1, 0.15) is 11.1 Å². The van der Waals surface area contributed by atoms with Crippen LogP contribution in [0.15, 0.2) is 29.3 Å². The summed E-state index contributed by atoms with van der Waals surface area (Å²) < 4.78 is 0. The summed E-state index contributed by atoms with van der Waals surface area (Å²) in [6.07, 6.45) is 1.99. The van der Waals surface area contributed by atoms with Gasteiger partial charge in [-0.15, -0.1) is 0 Å². The van der Waals surface area contributed by atoms with E-state index in [1.54, 1.807) is 18.8 Å². The zero-order chi connectivity index (χ0) is 14.8. The molecule has 0 atom stereocenters. The molecular formula is C14H22N4S2. The van der Waals surface area contributed by atoms with E-state index in [2.05, 4.69) is 34.6 Å². The topological polar surface area (TPSA) is 74.3 Å². The van der Waals surface area contributed by atoms with Crippen molar-refractivity contribution in [2.24, 2.45) is 10.7 Å². The minimum atomic E-state index is 0.191. The minimum absolute atomic E-state index is 0.191. The summed E-state index contributed by atoms with van der Waals surface area (Å²) in [6, 6.07) is 8.67. The number of nitrogens with two attached hydrogens (primary N) is 1. The fraction of sp³-hybridized carbons (Fsp3) is 0.429. The van der Waals surface area contributed by atoms with E-state index in [1.807, 2.05) is 7.05 Å². The maximum absolute atomic E-state index is 7.16. The highest BCUT2D eigenvalue weighted by molar-refractivity contribution is 8.14. The normalized spacial score (nSPS) is 11.4. The van der Waals surface area contributed by atoms with Crippen molar-refractivity contribution in [1.29, 1.82) is 5.41 Å². The smallest absolute Gasteiger partial charge is 0.156 e. The molecule has 0 aliphatic heterocycles. The molecule has 20 heavy (non-hydrogen) atoms. The lowest BCUT2D eigenvalue weighted by atomic mass is 10.1. The van der Waals surface area contributed by atoms with Crippen LogP contribution in [0.5, 0.6) is 0 Å². The van der Waals surface area contributed by atoms with Crippen LogP contribution in [-0.4, -0.2) is 35.9 Å². The SMILES string of the molecule is CN=C(NC)SCCc1ccc(CCSC(=N)N)cc1. The summed E-state index contributed by atoms with van der Waals surface area (Å²) in [5.74, 6) is 1.88. The quantitative estimate of drug-likeness (QED) is 0.557. The Bertz CT molecular complexity index is 443. The van der Waals surface area contributed by atoms with Gasteiger partial charge in [-0.3, -0.25) is 10.4 Å². The van der Waals surface area contributed by atoms with Gasteiger partial charge in [0.1, 0.15) is 0 Å². The Labute approximate surface area is 129 Å². The first-order valence-corrected chi connectivity index (χ1v) is 8.44. The van der Waals surface area contributed by atoms with E-state index < -0.39 is 0 Å². The Morgan fingerprint density at radius 2 is 1.65 bits per heavy atom. The van der Waals surface area contributed by atoms with Crippen LogP contribution in [-0.2, 0) is 12.8 Å². The molecule has 0 aliphatic carbocycles. The second-order valence-electron chi connectivity index (χ2n) is 4.16. The number of rotatable bonds is 6. The molecule has 0 radical (unpaired) electrons. The lowest BCUT2D eigenvalue weighted by molar-refractivity contribution is 1.12. The second kappa shape index (κ2) is 9.72. The molecule has 0 unspecified atom stereocenters. The summed E-state index contributed by atoms with van der Waals surface area (Å²) in [5.41, 5.74) is 7.94. The van der Waals surface area contributed by atoms with Crippen molar-refractivity contribution >= 4 is 33.9 Å². The Morgan fingerprint density at radius 3 is 2.05 bits per heavy atom. The average molecular weight is 310 g/mol. The molecular weight excluding hydrogens is 288 g/mol. The van der Waals surface area contributed by atoms with Gasteiger partial charge in [0.2, 0.25) is 0 Å². The van der Waals surface area contributed by atoms with Gasteiger partial charge < -0.3 is 11.1 Å². The van der Waals surface area contributed by atoms with Crippen LogP contribution < -0.4 is 11.1 Å². The van der Waals surface area contributed by atoms with E-state index in [1.165, 1.54) is 22.9 Å². The summed E-state index contributed by atoms with van der Waals surface area (Å²) in [6.45, 7) is 0. The van der Waals surface area contributed by atoms with Gasteiger partial charge in [-0.25, -0.2) is 0 Å². The Morgan fingerprint density at radius 1 is 1.15 bits per heavy atom. The van der Waals surface area contributed by atoms with Gasteiger partial charge in [-0.2, -0.15) is 0 Å². The molecule has 0 saturated carbocycles. The van der Waals surface area contributed by atoms with Gasteiger partial charge in [0, 0.05) is 25.6 Å². The summed E-state index contributed by atoms with van der Waals surface area (Å²) in [7, 11) is 3.69. The maximum atomic E-state index is 7.16. The Balaban J connectivity index is 2.33. The molecule has 0 aliphatic rings. The first-order chi connectivity index (χ1) is 9.65. The molecule has 0 fully saturated rings. The van der Waals surface area contributed by atoms with E-state index >= 15 is 0 Å². The molecule has 0 heterocycles. The highest BCUT2D eigenvalue weighted by Gasteiger charge is 1.99. The molecule has 1 aromatic rings. The third kappa shape index (κ3) is 6.86. The molecule has 0 saturated heterocycles. The maximum Gasteiger partial charge on any atom is 0.156 e. The minimum Gasteiger partial charge on any atom is -0.379 e. The zero-order valence-electron chi connectivity index (χ0n) is 12.0. The van der Waals surface area contributed by atoms with Crippen LogP contribution in [0.4, 0.5) is 0 Å². The molecule has 0 bridgehead atoms. The molecule has 0 spiro atoms. The Hall–Kier alpha value is -1.14. The van der Waals surface area contributed by atoms with Crippen LogP contribution in [0.2, 0.25) is 0 Å². The third-order valence-electron chi connectivity index (χ3n) is 2.72. The van der Waals surface area contributed by atoms with Crippen molar-refractivity contribution in [2.45, 2.75) is 12.8 Å². The number of thioether (sulfide) groups is 2. The lowest BCUT2D eigenvalue weighted by Crippen LogP contribution is -2.14. The van der Waals surface area contributed by atoms with Crippen LogP contribution in [0.25, 0.3) is 0 Å². The number of nitrogens with zero attached hydrogens (tertiary/aromatic N) is 1. The predicted molar refractivity (Wildman–Crippen MR) is 93.1 cm³/mol. The van der Waals surface area contributed by atoms with Crippen LogP contribution >= 0.6 is 23.5 Å². The monoisotopic (exact) mass is 310 g/mol. The number of hydrogen-bond acceptors (Lipinski definition) is 4. The van der Waals surface area contributed by atoms with Crippen LogP contribution in [0, 0.1) is 5.41 Å². The standard InChI is InChI=1S/C14H22N4S2/c1-17-14(18-2)20-10-8-12-5-3-11(4-6-12)7-9-19-13(15)16/h3-6H,7-10H2,1-2H3,(H3,15,16)(H,17,18). The van der Waals surface area contributed by atoms with Crippen molar-refractivity contribution < 1.29 is 0 Å². The third-order valence-corrected chi connectivity index (χ3v) is 4.51. The molecule has 1 rings (SSSR count). The molecule has 1 aromatic carbocycles. The van der Waals surface area contributed by atoms with E-state index in [0.29, 0.717) is 0 Å². The van der Waals surface area contributed by atoms with Crippen molar-refractivity contribution in [3.05, 3.63) is 35.4 Å². The van der Waals surface area contributed by atoms with Gasteiger partial charge in [0.05, 0.1) is 0 Å². The number of benzene rings is 1. The zero-order valence-corrected chi connectivity index (χ0v) is 13.6. The highest BCUT2D eigenvalue weighted by Crippen LogP contribution is 2.11. The number of aliphatic imine (C=N–C) groups is 1. The molecule has 6 heteroatoms. The molecule has 4 N–H and O–H groups in total. The molecule has 110 valence electrons. The van der Waals surface area contributed by atoms with Gasteiger partial charge in [-0.05, 0) is 24.0 Å². The molecule has 0 aromatic heterocycles. The van der Waals surface area contributed by atoms with E-state index in [-0.39, 0.29) is 5.17 Å². The summed E-state index contributed by atoms with van der Waals surface area (Å²) in [4.78, 5) is 4.14. The van der Waals surface area contributed by atoms with Gasteiger partial charge in [0.25, 0.3) is 0 Å². The van der Waals surface area contributed by atoms with Gasteiger partial charge in [0.15, 0.2) is 10.3 Å². The number of aryl methyl sites for hydroxylation is 2. The highest BCUT2D eigenvalue weighted by atomic mass is 32.2. The number of hydrogen-bond donors (Lipinski definition) is 3. The van der Waals surface area contributed by atoms with Gasteiger partial charge >= 0.3 is 0 Å². The average Bonchev–Trinajstić information content (AvgIpc) is 2.45. The van der Waals surface area contributed by atoms with Crippen LogP contribution in [0.3, 0.4) is 0 Å². The molecule has 4 nitrogen and oxygen atoms in total. The van der Waals surface area contributed by atoms with E-state index in [0.717, 1.165) is 29.5 Å². The first-order valence-electron chi connectivity index (χ1n) is 6.47. The lowest BCUT2D eigenvalue weighted by Gasteiger charge is -2.06. The number of amidine groups is 2. The number of nitrogens with one attached hydrogen (secondary N) is 2. The predicted octanol–water partition coefficient (Wildman–Crippen LogP) is 2.34. The fourth-order valence-electron chi connectivity index (χ4n) is 1.67. The second-order valence-corrected chi connectivity index (χ2v) is 6.38. The summed E-state index contributed by atoms with van der Waals surface area (Å²) >= 11 is 3.13.